The Kier molecular flexibility index (Phi) is 3.42. The summed E-state index contributed by atoms with van der Waals surface area (Å²) in [6.07, 6.45) is 0.882. The fourth-order valence-electron chi connectivity index (χ4n) is 1.38. The highest BCUT2D eigenvalue weighted by Gasteiger charge is 2.43. The van der Waals surface area contributed by atoms with Gasteiger partial charge in [0, 0.05) is 12.3 Å². The van der Waals surface area contributed by atoms with Crippen molar-refractivity contribution < 1.29 is 23.0 Å². The highest BCUT2D eigenvalue weighted by Crippen LogP contribution is 2.41. The number of carbonyl (C=O) groups is 1. The second-order valence-corrected chi connectivity index (χ2v) is 3.99. The summed E-state index contributed by atoms with van der Waals surface area (Å²) in [6.45, 7) is 0. The zero-order chi connectivity index (χ0) is 13.2. The molecule has 1 aromatic carbocycles. The van der Waals surface area contributed by atoms with Crippen molar-refractivity contribution in [2.75, 3.05) is 6.26 Å². The van der Waals surface area contributed by atoms with Crippen LogP contribution in [-0.2, 0) is 4.79 Å². The lowest BCUT2D eigenvalue weighted by molar-refractivity contribution is -0.286. The smallest absolute Gasteiger partial charge is 0.395 e. The molecule has 0 aliphatic carbocycles. The molecule has 0 atom stereocenters. The van der Waals surface area contributed by atoms with Gasteiger partial charge in [0.25, 0.3) is 5.91 Å². The molecule has 0 unspecified atom stereocenters. The zero-order valence-corrected chi connectivity index (χ0v) is 10.1. The molecular weight excluding hydrogens is 264 g/mol. The van der Waals surface area contributed by atoms with Crippen LogP contribution in [0.15, 0.2) is 24.3 Å². The summed E-state index contributed by atoms with van der Waals surface area (Å²) >= 11 is 1.17. The van der Waals surface area contributed by atoms with Gasteiger partial charge in [-0.2, -0.15) is 0 Å². The summed E-state index contributed by atoms with van der Waals surface area (Å²) in [7, 11) is 0. The fourth-order valence-corrected chi connectivity index (χ4v) is 1.65. The summed E-state index contributed by atoms with van der Waals surface area (Å²) in [5, 5.41) is 0. The van der Waals surface area contributed by atoms with Crippen LogP contribution in [0.3, 0.4) is 0 Å². The average molecular weight is 273 g/mol. The zero-order valence-electron chi connectivity index (χ0n) is 9.28. The number of hydrogen-bond acceptors (Lipinski definition) is 4. The van der Waals surface area contributed by atoms with Gasteiger partial charge in [-0.15, -0.1) is 8.78 Å². The minimum atomic E-state index is -3.62. The molecule has 1 aliphatic heterocycles. The Morgan fingerprint density at radius 3 is 2.83 bits per heavy atom. The molecule has 0 saturated carbocycles. The van der Waals surface area contributed by atoms with Crippen molar-refractivity contribution in [1.29, 1.82) is 0 Å². The van der Waals surface area contributed by atoms with Crippen LogP contribution in [0.2, 0.25) is 0 Å². The normalized spacial score (nSPS) is 15.9. The van der Waals surface area contributed by atoms with Crippen LogP contribution >= 0.6 is 11.9 Å². The molecule has 0 saturated heterocycles. The van der Waals surface area contributed by atoms with Gasteiger partial charge in [0.05, 0.1) is 0 Å². The Hall–Kier alpha value is -1.76. The van der Waals surface area contributed by atoms with E-state index in [1.54, 1.807) is 12.3 Å². The molecule has 1 heterocycles. The molecule has 1 amide bonds. The number of benzene rings is 1. The molecule has 1 N–H and O–H groups in total. The van der Waals surface area contributed by atoms with Crippen molar-refractivity contribution in [3.05, 3.63) is 29.8 Å². The summed E-state index contributed by atoms with van der Waals surface area (Å²) < 4.78 is 36.6. The molecule has 7 heteroatoms. The summed E-state index contributed by atoms with van der Waals surface area (Å²) in [6, 6.07) is 4.29. The highest BCUT2D eigenvalue weighted by molar-refractivity contribution is 7.97. The summed E-state index contributed by atoms with van der Waals surface area (Å²) in [5.74, 6) is -0.358. The lowest BCUT2D eigenvalue weighted by Gasteiger charge is -2.04. The third kappa shape index (κ3) is 2.92. The first-order valence-electron chi connectivity index (χ1n) is 4.91. The van der Waals surface area contributed by atoms with E-state index in [1.807, 2.05) is 0 Å². The number of rotatable bonds is 3. The van der Waals surface area contributed by atoms with Crippen molar-refractivity contribution in [2.24, 2.45) is 0 Å². The van der Waals surface area contributed by atoms with Gasteiger partial charge in [-0.05, 0) is 23.8 Å². The first-order chi connectivity index (χ1) is 8.50. The van der Waals surface area contributed by atoms with Gasteiger partial charge in [-0.25, -0.2) is 0 Å². The number of carbonyl (C=O) groups excluding carboxylic acids is 1. The van der Waals surface area contributed by atoms with Crippen LogP contribution in [0.5, 0.6) is 11.5 Å². The van der Waals surface area contributed by atoms with Gasteiger partial charge < -0.3 is 9.47 Å². The summed E-state index contributed by atoms with van der Waals surface area (Å²) in [4.78, 5) is 11.2. The van der Waals surface area contributed by atoms with E-state index in [9.17, 15) is 13.6 Å². The van der Waals surface area contributed by atoms with E-state index in [1.165, 1.54) is 36.2 Å². The van der Waals surface area contributed by atoms with Crippen LogP contribution in [0.1, 0.15) is 5.56 Å². The van der Waals surface area contributed by atoms with Gasteiger partial charge in [0.2, 0.25) is 0 Å². The predicted octanol–water partition coefficient (Wildman–Crippen LogP) is 2.42. The van der Waals surface area contributed by atoms with Gasteiger partial charge in [0.1, 0.15) is 0 Å². The maximum absolute atomic E-state index is 12.8. The monoisotopic (exact) mass is 273 g/mol. The van der Waals surface area contributed by atoms with Gasteiger partial charge in [0.15, 0.2) is 11.5 Å². The van der Waals surface area contributed by atoms with E-state index >= 15 is 0 Å². The van der Waals surface area contributed by atoms with Crippen LogP contribution in [-0.4, -0.2) is 18.5 Å². The first-order valence-corrected chi connectivity index (χ1v) is 6.13. The Balaban J connectivity index is 2.12. The van der Waals surface area contributed by atoms with E-state index < -0.39 is 6.29 Å². The van der Waals surface area contributed by atoms with Crippen molar-refractivity contribution in [1.82, 2.24) is 4.72 Å². The SMILES string of the molecule is CSNC(=O)/C=C/c1ccc2c(c1)OC(F)(F)O2. The molecule has 0 aromatic heterocycles. The summed E-state index contributed by atoms with van der Waals surface area (Å²) in [5.41, 5.74) is 0.561. The Morgan fingerprint density at radius 1 is 1.39 bits per heavy atom. The average Bonchev–Trinajstić information content (AvgIpc) is 2.59. The second kappa shape index (κ2) is 4.85. The third-order valence-corrected chi connectivity index (χ3v) is 2.46. The molecular formula is C11H9F2NO3S. The number of ether oxygens (including phenoxy) is 2. The van der Waals surface area contributed by atoms with E-state index in [4.69, 9.17) is 0 Å². The third-order valence-electron chi connectivity index (χ3n) is 2.06. The quantitative estimate of drug-likeness (QED) is 0.678. The van der Waals surface area contributed by atoms with Crippen LogP contribution in [0, 0.1) is 0 Å². The van der Waals surface area contributed by atoms with Crippen LogP contribution in [0.4, 0.5) is 8.78 Å². The second-order valence-electron chi connectivity index (χ2n) is 3.38. The van der Waals surface area contributed by atoms with Crippen molar-refractivity contribution in [3.8, 4) is 11.5 Å². The van der Waals surface area contributed by atoms with E-state index in [0.717, 1.165) is 0 Å². The van der Waals surface area contributed by atoms with Gasteiger partial charge in [-0.1, -0.05) is 18.0 Å². The molecule has 4 nitrogen and oxygen atoms in total. The molecule has 1 aliphatic rings. The molecule has 2 rings (SSSR count). The van der Waals surface area contributed by atoms with E-state index in [2.05, 4.69) is 14.2 Å². The predicted molar refractivity (Wildman–Crippen MR) is 63.3 cm³/mol. The molecule has 96 valence electrons. The Bertz CT molecular complexity index is 505. The molecule has 18 heavy (non-hydrogen) atoms. The Morgan fingerprint density at radius 2 is 2.11 bits per heavy atom. The lowest BCUT2D eigenvalue weighted by Crippen LogP contribution is -2.25. The highest BCUT2D eigenvalue weighted by atomic mass is 32.2. The van der Waals surface area contributed by atoms with Crippen LogP contribution < -0.4 is 14.2 Å². The number of hydrogen-bond donors (Lipinski definition) is 1. The number of alkyl halides is 2. The van der Waals surface area contributed by atoms with Crippen molar-refractivity contribution in [2.45, 2.75) is 6.29 Å². The largest absolute Gasteiger partial charge is 0.586 e. The minimum absolute atomic E-state index is 0.0225. The topological polar surface area (TPSA) is 47.6 Å². The van der Waals surface area contributed by atoms with Crippen molar-refractivity contribution >= 4 is 23.9 Å². The molecule has 0 bridgehead atoms. The molecule has 0 radical (unpaired) electrons. The van der Waals surface area contributed by atoms with E-state index in [-0.39, 0.29) is 17.4 Å². The maximum atomic E-state index is 12.8. The minimum Gasteiger partial charge on any atom is -0.395 e. The number of nitrogens with one attached hydrogen (secondary N) is 1. The first kappa shape index (κ1) is 12.7. The van der Waals surface area contributed by atoms with E-state index in [0.29, 0.717) is 5.56 Å². The lowest BCUT2D eigenvalue weighted by atomic mass is 10.2. The standard InChI is InChI=1S/C11H9F2NO3S/c1-18-14-10(15)5-3-7-2-4-8-9(6-7)17-11(12,13)16-8/h2-6H,1H3,(H,14,15)/b5-3+. The fraction of sp³-hybridized carbons (Fsp3) is 0.182. The molecule has 1 aromatic rings. The van der Waals surface area contributed by atoms with Gasteiger partial charge >= 0.3 is 6.29 Å². The Labute approximate surface area is 106 Å². The molecule has 0 spiro atoms. The number of amides is 1. The van der Waals surface area contributed by atoms with Gasteiger partial charge in [-0.3, -0.25) is 9.52 Å². The number of halogens is 2. The van der Waals surface area contributed by atoms with Crippen molar-refractivity contribution in [3.63, 3.8) is 0 Å². The number of fused-ring (bicyclic) bond motifs is 1. The molecule has 0 fully saturated rings. The maximum Gasteiger partial charge on any atom is 0.586 e. The van der Waals surface area contributed by atoms with Crippen LogP contribution in [0.25, 0.3) is 6.08 Å².